The molecule has 1 aromatic rings. The van der Waals surface area contributed by atoms with Crippen LogP contribution in [0.1, 0.15) is 36.5 Å². The minimum absolute atomic E-state index is 0.00398. The number of nitrogens with zero attached hydrogens (tertiary/aromatic N) is 1. The van der Waals surface area contributed by atoms with E-state index >= 15 is 0 Å². The van der Waals surface area contributed by atoms with Crippen molar-refractivity contribution < 1.29 is 9.18 Å². The van der Waals surface area contributed by atoms with Crippen molar-refractivity contribution in [2.24, 2.45) is 5.73 Å². The predicted molar refractivity (Wildman–Crippen MR) is 76.4 cm³/mol. The number of halogens is 2. The van der Waals surface area contributed by atoms with Gasteiger partial charge in [0.2, 0.25) is 0 Å². The molecule has 2 atom stereocenters. The summed E-state index contributed by atoms with van der Waals surface area (Å²) in [6.07, 6.45) is 2.91. The Morgan fingerprint density at radius 2 is 2.26 bits per heavy atom. The molecule has 2 rings (SSSR count). The van der Waals surface area contributed by atoms with Crippen molar-refractivity contribution in [1.29, 1.82) is 0 Å². The normalized spacial score (nSPS) is 21.3. The van der Waals surface area contributed by atoms with Crippen LogP contribution in [0, 0.1) is 5.82 Å². The van der Waals surface area contributed by atoms with Crippen LogP contribution in [0.25, 0.3) is 0 Å². The van der Waals surface area contributed by atoms with Gasteiger partial charge >= 0.3 is 0 Å². The summed E-state index contributed by atoms with van der Waals surface area (Å²) in [6, 6.07) is 4.43. The molecule has 104 valence electrons. The largest absolute Gasteiger partial charge is 0.334 e. The van der Waals surface area contributed by atoms with Gasteiger partial charge in [-0.25, -0.2) is 4.39 Å². The Morgan fingerprint density at radius 3 is 2.89 bits per heavy atom. The van der Waals surface area contributed by atoms with Gasteiger partial charge in [0.1, 0.15) is 5.82 Å². The summed E-state index contributed by atoms with van der Waals surface area (Å²) in [6.45, 7) is 2.55. The smallest absolute Gasteiger partial charge is 0.257 e. The summed E-state index contributed by atoms with van der Waals surface area (Å²) >= 11 is 3.19. The molecule has 1 aromatic carbocycles. The highest BCUT2D eigenvalue weighted by Crippen LogP contribution is 2.23. The summed E-state index contributed by atoms with van der Waals surface area (Å²) in [4.78, 5) is 14.2. The zero-order valence-electron chi connectivity index (χ0n) is 10.9. The first-order valence-corrected chi connectivity index (χ1v) is 7.31. The van der Waals surface area contributed by atoms with Crippen LogP contribution in [0.2, 0.25) is 0 Å². The van der Waals surface area contributed by atoms with Crippen LogP contribution < -0.4 is 5.73 Å². The third-order valence-electron chi connectivity index (χ3n) is 3.58. The molecule has 5 heteroatoms. The zero-order valence-corrected chi connectivity index (χ0v) is 12.5. The van der Waals surface area contributed by atoms with Gasteiger partial charge in [0, 0.05) is 23.1 Å². The van der Waals surface area contributed by atoms with Crippen LogP contribution in [0.4, 0.5) is 4.39 Å². The van der Waals surface area contributed by atoms with E-state index in [0.29, 0.717) is 11.0 Å². The quantitative estimate of drug-likeness (QED) is 0.907. The maximum atomic E-state index is 13.9. The van der Waals surface area contributed by atoms with E-state index in [9.17, 15) is 9.18 Å². The summed E-state index contributed by atoms with van der Waals surface area (Å²) in [5.41, 5.74) is 6.06. The number of amides is 1. The topological polar surface area (TPSA) is 46.3 Å². The molecule has 1 saturated heterocycles. The van der Waals surface area contributed by atoms with Crippen molar-refractivity contribution in [2.75, 3.05) is 6.54 Å². The highest BCUT2D eigenvalue weighted by molar-refractivity contribution is 9.10. The monoisotopic (exact) mass is 328 g/mol. The van der Waals surface area contributed by atoms with E-state index < -0.39 is 5.82 Å². The van der Waals surface area contributed by atoms with Crippen LogP contribution in [0.15, 0.2) is 22.7 Å². The molecule has 1 fully saturated rings. The Bertz CT molecular complexity index is 479. The first-order valence-electron chi connectivity index (χ1n) is 6.52. The summed E-state index contributed by atoms with van der Waals surface area (Å²) in [7, 11) is 0. The van der Waals surface area contributed by atoms with Crippen LogP contribution in [-0.2, 0) is 0 Å². The Labute approximate surface area is 121 Å². The molecular weight excluding hydrogens is 311 g/mol. The minimum Gasteiger partial charge on any atom is -0.334 e. The molecule has 2 unspecified atom stereocenters. The first kappa shape index (κ1) is 14.5. The highest BCUT2D eigenvalue weighted by Gasteiger charge is 2.30. The van der Waals surface area contributed by atoms with Crippen molar-refractivity contribution in [3.63, 3.8) is 0 Å². The lowest BCUT2D eigenvalue weighted by Gasteiger charge is -2.38. The van der Waals surface area contributed by atoms with E-state index in [2.05, 4.69) is 15.9 Å². The fraction of sp³-hybridized carbons (Fsp3) is 0.500. The van der Waals surface area contributed by atoms with Gasteiger partial charge in [-0.2, -0.15) is 0 Å². The average molecular weight is 329 g/mol. The third-order valence-corrected chi connectivity index (χ3v) is 4.07. The molecule has 3 nitrogen and oxygen atoms in total. The summed E-state index contributed by atoms with van der Waals surface area (Å²) in [5.74, 6) is -0.750. The van der Waals surface area contributed by atoms with Crippen LogP contribution in [-0.4, -0.2) is 29.4 Å². The van der Waals surface area contributed by atoms with E-state index in [4.69, 9.17) is 5.73 Å². The van der Waals surface area contributed by atoms with E-state index in [0.717, 1.165) is 19.3 Å². The lowest BCUT2D eigenvalue weighted by molar-refractivity contribution is 0.0579. The molecule has 1 heterocycles. The fourth-order valence-electron chi connectivity index (χ4n) is 2.57. The van der Waals surface area contributed by atoms with Gasteiger partial charge in [0.25, 0.3) is 5.91 Å². The highest BCUT2D eigenvalue weighted by atomic mass is 79.9. The molecule has 0 spiro atoms. The average Bonchev–Trinajstić information content (AvgIpc) is 2.38. The molecular formula is C14H18BrFN2O. The van der Waals surface area contributed by atoms with Gasteiger partial charge in [-0.1, -0.05) is 15.9 Å². The second kappa shape index (κ2) is 6.01. The van der Waals surface area contributed by atoms with Crippen molar-refractivity contribution in [2.45, 2.75) is 38.3 Å². The van der Waals surface area contributed by atoms with Crippen molar-refractivity contribution in [3.05, 3.63) is 34.1 Å². The molecule has 0 saturated carbocycles. The molecule has 0 aliphatic carbocycles. The number of rotatable bonds is 2. The van der Waals surface area contributed by atoms with Crippen molar-refractivity contribution in [1.82, 2.24) is 4.90 Å². The lowest BCUT2D eigenvalue weighted by atomic mass is 9.96. The number of carbonyl (C=O) groups is 1. The van der Waals surface area contributed by atoms with Crippen LogP contribution >= 0.6 is 15.9 Å². The van der Waals surface area contributed by atoms with Crippen LogP contribution in [0.5, 0.6) is 0 Å². The van der Waals surface area contributed by atoms with Gasteiger partial charge in [0.05, 0.1) is 5.56 Å². The number of piperidine rings is 1. The van der Waals surface area contributed by atoms with Gasteiger partial charge in [-0.3, -0.25) is 4.79 Å². The molecule has 0 radical (unpaired) electrons. The number of carbonyl (C=O) groups excluding carboxylic acids is 1. The standard InChI is InChI=1S/C14H18BrFN2O/c1-9(17)13-4-2-3-7-18(13)14(19)11-6-5-10(15)8-12(11)16/h5-6,8-9,13H,2-4,7,17H2,1H3. The van der Waals surface area contributed by atoms with Crippen molar-refractivity contribution in [3.8, 4) is 0 Å². The Balaban J connectivity index is 2.26. The van der Waals surface area contributed by atoms with Gasteiger partial charge < -0.3 is 10.6 Å². The van der Waals surface area contributed by atoms with E-state index in [1.807, 2.05) is 6.92 Å². The fourth-order valence-corrected chi connectivity index (χ4v) is 2.91. The van der Waals surface area contributed by atoms with Gasteiger partial charge in [0.15, 0.2) is 0 Å². The molecule has 1 aliphatic heterocycles. The van der Waals surface area contributed by atoms with Gasteiger partial charge in [-0.05, 0) is 44.4 Å². The number of benzene rings is 1. The Hall–Kier alpha value is -0.940. The lowest BCUT2D eigenvalue weighted by Crippen LogP contribution is -2.51. The number of hydrogen-bond acceptors (Lipinski definition) is 2. The van der Waals surface area contributed by atoms with E-state index in [1.54, 1.807) is 11.0 Å². The SMILES string of the molecule is CC(N)C1CCCCN1C(=O)c1ccc(Br)cc1F. The predicted octanol–water partition coefficient (Wildman–Crippen LogP) is 2.93. The minimum atomic E-state index is -0.492. The van der Waals surface area contributed by atoms with Crippen LogP contribution in [0.3, 0.4) is 0 Å². The molecule has 1 aliphatic rings. The number of likely N-dealkylation sites (tertiary alicyclic amines) is 1. The number of nitrogens with two attached hydrogens (primary N) is 1. The molecule has 1 amide bonds. The maximum Gasteiger partial charge on any atom is 0.257 e. The van der Waals surface area contributed by atoms with E-state index in [1.165, 1.54) is 12.1 Å². The maximum absolute atomic E-state index is 13.9. The molecule has 0 bridgehead atoms. The third kappa shape index (κ3) is 3.15. The van der Waals surface area contributed by atoms with E-state index in [-0.39, 0.29) is 23.6 Å². The molecule has 19 heavy (non-hydrogen) atoms. The first-order chi connectivity index (χ1) is 9.00. The summed E-state index contributed by atoms with van der Waals surface area (Å²) < 4.78 is 14.5. The molecule has 0 aromatic heterocycles. The Morgan fingerprint density at radius 1 is 1.53 bits per heavy atom. The number of hydrogen-bond donors (Lipinski definition) is 1. The van der Waals surface area contributed by atoms with Gasteiger partial charge in [-0.15, -0.1) is 0 Å². The van der Waals surface area contributed by atoms with Crippen molar-refractivity contribution >= 4 is 21.8 Å². The summed E-state index contributed by atoms with van der Waals surface area (Å²) in [5, 5.41) is 0. The molecule has 2 N–H and O–H groups in total. The second-order valence-electron chi connectivity index (χ2n) is 5.04. The Kier molecular flexibility index (Phi) is 4.58. The second-order valence-corrected chi connectivity index (χ2v) is 5.96. The zero-order chi connectivity index (χ0) is 14.0.